The summed E-state index contributed by atoms with van der Waals surface area (Å²) in [7, 11) is 0. The molecule has 2 aromatic rings. The smallest absolute Gasteiger partial charge is 0.233 e. The maximum Gasteiger partial charge on any atom is 0.233 e. The van der Waals surface area contributed by atoms with E-state index in [9.17, 15) is 9.59 Å². The number of hydrogen-bond donors (Lipinski definition) is 0. The summed E-state index contributed by atoms with van der Waals surface area (Å²) in [6.07, 6.45) is 5.27. The average Bonchev–Trinajstić information content (AvgIpc) is 3.16. The van der Waals surface area contributed by atoms with E-state index in [0.29, 0.717) is 24.3 Å². The van der Waals surface area contributed by atoms with Gasteiger partial charge in [0.15, 0.2) is 5.76 Å². The van der Waals surface area contributed by atoms with Crippen molar-refractivity contribution in [3.8, 4) is 11.3 Å². The molecule has 1 aromatic heterocycles. The summed E-state index contributed by atoms with van der Waals surface area (Å²) in [5.41, 5.74) is 2.84. The average molecular weight is 322 g/mol. The Morgan fingerprint density at radius 2 is 1.71 bits per heavy atom. The molecule has 1 saturated heterocycles. The number of aryl methyl sites for hydroxylation is 1. The second-order valence-corrected chi connectivity index (χ2v) is 6.46. The van der Waals surface area contributed by atoms with Gasteiger partial charge in [-0.05, 0) is 19.8 Å². The van der Waals surface area contributed by atoms with Gasteiger partial charge < -0.3 is 4.52 Å². The van der Waals surface area contributed by atoms with E-state index in [2.05, 4.69) is 5.16 Å². The standard InChI is InChI=1S/C19H18N2O3/c1-12-6-8-13(9-7-12)17-10-14(24-20-17)11-21-18(22)15-4-2-3-5-16(15)19(21)23/h2-3,6-10,15-16H,4-5,11H2,1H3/t15-,16-/m0/s1. The highest BCUT2D eigenvalue weighted by Crippen LogP contribution is 2.36. The SMILES string of the molecule is Cc1ccc(-c2cc(CN3C(=O)[C@H]4CC=CC[C@@H]4C3=O)on2)cc1. The molecule has 0 N–H and O–H groups in total. The highest BCUT2D eigenvalue weighted by atomic mass is 16.5. The van der Waals surface area contributed by atoms with E-state index in [-0.39, 0.29) is 30.2 Å². The number of carbonyl (C=O) groups is 2. The number of imide groups is 1. The second-order valence-electron chi connectivity index (χ2n) is 6.46. The maximum atomic E-state index is 12.5. The number of benzene rings is 1. The fourth-order valence-corrected chi connectivity index (χ4v) is 3.43. The summed E-state index contributed by atoms with van der Waals surface area (Å²) in [5, 5.41) is 4.06. The third-order valence-electron chi connectivity index (χ3n) is 4.82. The minimum Gasteiger partial charge on any atom is -0.359 e. The molecule has 1 aliphatic heterocycles. The molecule has 5 heteroatoms. The molecule has 1 fully saturated rings. The molecule has 0 bridgehead atoms. The lowest BCUT2D eigenvalue weighted by atomic mass is 9.85. The number of rotatable bonds is 3. The number of nitrogens with zero attached hydrogens (tertiary/aromatic N) is 2. The molecule has 1 aromatic carbocycles. The molecule has 0 radical (unpaired) electrons. The summed E-state index contributed by atoms with van der Waals surface area (Å²) in [6, 6.07) is 9.77. The van der Waals surface area contributed by atoms with Crippen molar-refractivity contribution in [2.45, 2.75) is 26.3 Å². The van der Waals surface area contributed by atoms with Crippen molar-refractivity contribution in [1.29, 1.82) is 0 Å². The van der Waals surface area contributed by atoms with E-state index >= 15 is 0 Å². The Hall–Kier alpha value is -2.69. The van der Waals surface area contributed by atoms with Crippen LogP contribution in [0, 0.1) is 18.8 Å². The summed E-state index contributed by atoms with van der Waals surface area (Å²) in [5.74, 6) is -0.0758. The van der Waals surface area contributed by atoms with Crippen molar-refractivity contribution in [3.05, 3.63) is 53.8 Å². The zero-order valence-electron chi connectivity index (χ0n) is 13.4. The van der Waals surface area contributed by atoms with Crippen LogP contribution < -0.4 is 0 Å². The molecular weight excluding hydrogens is 304 g/mol. The van der Waals surface area contributed by atoms with Crippen LogP contribution in [0.4, 0.5) is 0 Å². The van der Waals surface area contributed by atoms with E-state index in [1.807, 2.05) is 43.3 Å². The van der Waals surface area contributed by atoms with Crippen molar-refractivity contribution in [1.82, 2.24) is 10.1 Å². The fraction of sp³-hybridized carbons (Fsp3) is 0.316. The molecule has 122 valence electrons. The molecule has 0 spiro atoms. The number of aromatic nitrogens is 1. The van der Waals surface area contributed by atoms with Gasteiger partial charge in [0.25, 0.3) is 0 Å². The van der Waals surface area contributed by atoms with Crippen molar-refractivity contribution < 1.29 is 14.1 Å². The molecule has 0 saturated carbocycles. The molecule has 1 aliphatic carbocycles. The summed E-state index contributed by atoms with van der Waals surface area (Å²) >= 11 is 0. The minimum absolute atomic E-state index is 0.0948. The third kappa shape index (κ3) is 2.46. The highest BCUT2D eigenvalue weighted by molar-refractivity contribution is 6.05. The van der Waals surface area contributed by atoms with Crippen LogP contribution in [0.5, 0.6) is 0 Å². The number of likely N-dealkylation sites (tertiary alicyclic amines) is 1. The van der Waals surface area contributed by atoms with Gasteiger partial charge in [-0.25, -0.2) is 0 Å². The van der Waals surface area contributed by atoms with Gasteiger partial charge in [0.1, 0.15) is 5.69 Å². The molecule has 2 heterocycles. The number of carbonyl (C=O) groups excluding carboxylic acids is 2. The predicted octanol–water partition coefficient (Wildman–Crippen LogP) is 3.10. The van der Waals surface area contributed by atoms with E-state index < -0.39 is 0 Å². The first-order valence-electron chi connectivity index (χ1n) is 8.16. The Morgan fingerprint density at radius 3 is 2.33 bits per heavy atom. The van der Waals surface area contributed by atoms with E-state index in [1.165, 1.54) is 10.5 Å². The Bertz CT molecular complexity index is 793. The van der Waals surface area contributed by atoms with Gasteiger partial charge in [0, 0.05) is 11.6 Å². The van der Waals surface area contributed by atoms with Gasteiger partial charge in [-0.3, -0.25) is 14.5 Å². The largest absolute Gasteiger partial charge is 0.359 e. The molecule has 5 nitrogen and oxygen atoms in total. The van der Waals surface area contributed by atoms with Gasteiger partial charge in [-0.1, -0.05) is 47.1 Å². The van der Waals surface area contributed by atoms with Crippen LogP contribution in [0.25, 0.3) is 11.3 Å². The Balaban J connectivity index is 1.53. The number of fused-ring (bicyclic) bond motifs is 1. The third-order valence-corrected chi connectivity index (χ3v) is 4.82. The highest BCUT2D eigenvalue weighted by Gasteiger charge is 2.47. The van der Waals surface area contributed by atoms with Crippen molar-refractivity contribution in [3.63, 3.8) is 0 Å². The van der Waals surface area contributed by atoms with Crippen LogP contribution in [0.2, 0.25) is 0 Å². The first-order valence-corrected chi connectivity index (χ1v) is 8.16. The van der Waals surface area contributed by atoms with Crippen LogP contribution in [-0.2, 0) is 16.1 Å². The zero-order valence-corrected chi connectivity index (χ0v) is 13.4. The Labute approximate surface area is 139 Å². The van der Waals surface area contributed by atoms with E-state index in [1.54, 1.807) is 6.07 Å². The van der Waals surface area contributed by atoms with Gasteiger partial charge in [0.2, 0.25) is 11.8 Å². The van der Waals surface area contributed by atoms with E-state index in [0.717, 1.165) is 5.56 Å². The van der Waals surface area contributed by atoms with Crippen molar-refractivity contribution in [2.75, 3.05) is 0 Å². The molecule has 24 heavy (non-hydrogen) atoms. The second kappa shape index (κ2) is 5.74. The number of allylic oxidation sites excluding steroid dienone is 2. The molecule has 2 amide bonds. The minimum atomic E-state index is -0.206. The predicted molar refractivity (Wildman–Crippen MR) is 87.6 cm³/mol. The van der Waals surface area contributed by atoms with Crippen LogP contribution in [0.15, 0.2) is 47.0 Å². The van der Waals surface area contributed by atoms with Crippen LogP contribution in [0.3, 0.4) is 0 Å². The first kappa shape index (κ1) is 14.9. The molecule has 2 aliphatic rings. The first-order chi connectivity index (χ1) is 11.6. The summed E-state index contributed by atoms with van der Waals surface area (Å²) in [6.45, 7) is 2.18. The molecular formula is C19H18N2O3. The van der Waals surface area contributed by atoms with Crippen molar-refractivity contribution in [2.24, 2.45) is 11.8 Å². The number of amides is 2. The molecule has 0 unspecified atom stereocenters. The Morgan fingerprint density at radius 1 is 1.08 bits per heavy atom. The van der Waals surface area contributed by atoms with Crippen LogP contribution in [0.1, 0.15) is 24.2 Å². The summed E-state index contributed by atoms with van der Waals surface area (Å²) in [4.78, 5) is 26.3. The molecule has 2 atom stereocenters. The normalized spacial score (nSPS) is 23.0. The zero-order chi connectivity index (χ0) is 16.7. The fourth-order valence-electron chi connectivity index (χ4n) is 3.43. The topological polar surface area (TPSA) is 63.4 Å². The van der Waals surface area contributed by atoms with Gasteiger partial charge in [0.05, 0.1) is 18.4 Å². The van der Waals surface area contributed by atoms with Crippen LogP contribution in [-0.4, -0.2) is 21.9 Å². The van der Waals surface area contributed by atoms with Gasteiger partial charge in [-0.2, -0.15) is 0 Å². The maximum absolute atomic E-state index is 12.5. The van der Waals surface area contributed by atoms with Gasteiger partial charge >= 0.3 is 0 Å². The van der Waals surface area contributed by atoms with Crippen LogP contribution >= 0.6 is 0 Å². The summed E-state index contributed by atoms with van der Waals surface area (Å²) < 4.78 is 5.35. The Kier molecular flexibility index (Phi) is 3.56. The van der Waals surface area contributed by atoms with E-state index in [4.69, 9.17) is 4.52 Å². The monoisotopic (exact) mass is 322 g/mol. The van der Waals surface area contributed by atoms with Crippen molar-refractivity contribution >= 4 is 11.8 Å². The lowest BCUT2D eigenvalue weighted by molar-refractivity contribution is -0.140. The quantitative estimate of drug-likeness (QED) is 0.643. The van der Waals surface area contributed by atoms with Gasteiger partial charge in [-0.15, -0.1) is 0 Å². The molecule has 4 rings (SSSR count). The lowest BCUT2D eigenvalue weighted by Gasteiger charge is -2.14. The number of hydrogen-bond acceptors (Lipinski definition) is 4. The lowest BCUT2D eigenvalue weighted by Crippen LogP contribution is -2.30.